The quantitative estimate of drug-likeness (QED) is 0.764. The van der Waals surface area contributed by atoms with Gasteiger partial charge in [-0.1, -0.05) is 30.9 Å². The second kappa shape index (κ2) is 5.37. The third-order valence-electron chi connectivity index (χ3n) is 2.40. The molecule has 2 heteroatoms. The maximum absolute atomic E-state index is 5.73. The van der Waals surface area contributed by atoms with Crippen molar-refractivity contribution in [3.8, 4) is 5.75 Å². The summed E-state index contributed by atoms with van der Waals surface area (Å²) < 4.78 is 5.27. The van der Waals surface area contributed by atoms with Crippen LogP contribution >= 0.6 is 0 Å². The first kappa shape index (κ1) is 11.5. The molecule has 1 aromatic carbocycles. The van der Waals surface area contributed by atoms with Gasteiger partial charge in [0.05, 0.1) is 7.11 Å². The van der Waals surface area contributed by atoms with Crippen molar-refractivity contribution in [2.24, 2.45) is 5.73 Å². The highest BCUT2D eigenvalue weighted by molar-refractivity contribution is 5.76. The summed E-state index contributed by atoms with van der Waals surface area (Å²) in [6, 6.07) is 5.91. The topological polar surface area (TPSA) is 35.2 Å². The fraction of sp³-hybridized carbons (Fsp3) is 0.231. The van der Waals surface area contributed by atoms with E-state index < -0.39 is 0 Å². The van der Waals surface area contributed by atoms with Crippen LogP contribution in [0.1, 0.15) is 18.1 Å². The molecule has 2 nitrogen and oxygen atoms in total. The van der Waals surface area contributed by atoms with Crippen molar-refractivity contribution in [2.45, 2.75) is 13.5 Å². The van der Waals surface area contributed by atoms with E-state index in [1.807, 2.05) is 37.3 Å². The molecule has 0 aromatic heterocycles. The molecule has 1 aromatic rings. The maximum atomic E-state index is 5.73. The molecule has 0 aliphatic rings. The number of benzene rings is 1. The normalized spacial score (nSPS) is 11.3. The van der Waals surface area contributed by atoms with Crippen LogP contribution in [-0.4, -0.2) is 7.11 Å². The van der Waals surface area contributed by atoms with Gasteiger partial charge in [-0.25, -0.2) is 0 Å². The molecule has 0 saturated carbocycles. The molecule has 0 bridgehead atoms. The molecule has 0 amide bonds. The van der Waals surface area contributed by atoms with Gasteiger partial charge in [0.25, 0.3) is 0 Å². The Bertz CT molecular complexity index is 380. The molecule has 0 heterocycles. The van der Waals surface area contributed by atoms with Gasteiger partial charge in [-0.15, -0.1) is 0 Å². The standard InChI is InChI=1S/C13H17NO/c1-4-10(5-2)11-7-6-8-13(15-3)12(11)9-14/h4-8H,1,9,14H2,2-3H3. The summed E-state index contributed by atoms with van der Waals surface area (Å²) >= 11 is 0. The van der Waals surface area contributed by atoms with Gasteiger partial charge in [-0.2, -0.15) is 0 Å². The molecular formula is C13H17NO. The number of hydrogen-bond donors (Lipinski definition) is 1. The van der Waals surface area contributed by atoms with Crippen LogP contribution in [0.4, 0.5) is 0 Å². The second-order valence-electron chi connectivity index (χ2n) is 3.14. The first-order valence-corrected chi connectivity index (χ1v) is 4.93. The number of methoxy groups -OCH3 is 1. The van der Waals surface area contributed by atoms with Crippen molar-refractivity contribution >= 4 is 5.57 Å². The van der Waals surface area contributed by atoms with E-state index in [1.165, 1.54) is 0 Å². The summed E-state index contributed by atoms with van der Waals surface area (Å²) in [6.45, 7) is 6.23. The summed E-state index contributed by atoms with van der Waals surface area (Å²) in [5.74, 6) is 0.830. The van der Waals surface area contributed by atoms with Crippen molar-refractivity contribution in [1.82, 2.24) is 0 Å². The van der Waals surface area contributed by atoms with Gasteiger partial charge in [0, 0.05) is 12.1 Å². The zero-order valence-corrected chi connectivity index (χ0v) is 9.29. The second-order valence-corrected chi connectivity index (χ2v) is 3.14. The molecular weight excluding hydrogens is 186 g/mol. The molecule has 0 saturated heterocycles. The van der Waals surface area contributed by atoms with E-state index in [0.717, 1.165) is 22.4 Å². The predicted octanol–water partition coefficient (Wildman–Crippen LogP) is 2.74. The van der Waals surface area contributed by atoms with Crippen LogP contribution in [0.2, 0.25) is 0 Å². The average molecular weight is 203 g/mol. The van der Waals surface area contributed by atoms with Gasteiger partial charge >= 0.3 is 0 Å². The van der Waals surface area contributed by atoms with Gasteiger partial charge in [-0.05, 0) is 24.1 Å². The van der Waals surface area contributed by atoms with E-state index in [0.29, 0.717) is 6.54 Å². The molecule has 0 unspecified atom stereocenters. The molecule has 2 N–H and O–H groups in total. The van der Waals surface area contributed by atoms with E-state index in [4.69, 9.17) is 10.5 Å². The highest BCUT2D eigenvalue weighted by atomic mass is 16.5. The first-order chi connectivity index (χ1) is 7.28. The highest BCUT2D eigenvalue weighted by Crippen LogP contribution is 2.27. The first-order valence-electron chi connectivity index (χ1n) is 4.93. The van der Waals surface area contributed by atoms with Crippen molar-refractivity contribution in [3.05, 3.63) is 48.1 Å². The fourth-order valence-electron chi connectivity index (χ4n) is 1.62. The van der Waals surface area contributed by atoms with Gasteiger partial charge in [0.1, 0.15) is 5.75 Å². The largest absolute Gasteiger partial charge is 0.496 e. The van der Waals surface area contributed by atoms with Crippen molar-refractivity contribution in [1.29, 1.82) is 0 Å². The molecule has 0 atom stereocenters. The maximum Gasteiger partial charge on any atom is 0.123 e. The molecule has 80 valence electrons. The van der Waals surface area contributed by atoms with Crippen LogP contribution in [0, 0.1) is 0 Å². The SMILES string of the molecule is C=CC(=CC)c1cccc(OC)c1CN. The zero-order chi connectivity index (χ0) is 11.3. The van der Waals surface area contributed by atoms with Gasteiger partial charge in [0.15, 0.2) is 0 Å². The van der Waals surface area contributed by atoms with Crippen LogP contribution in [0.5, 0.6) is 5.75 Å². The van der Waals surface area contributed by atoms with Crippen molar-refractivity contribution < 1.29 is 4.74 Å². The Kier molecular flexibility index (Phi) is 4.13. The smallest absolute Gasteiger partial charge is 0.123 e. The Labute approximate surface area is 91.1 Å². The lowest BCUT2D eigenvalue weighted by Gasteiger charge is -2.12. The molecule has 0 aliphatic heterocycles. The zero-order valence-electron chi connectivity index (χ0n) is 9.29. The summed E-state index contributed by atoms with van der Waals surface area (Å²) in [5.41, 5.74) is 8.92. The van der Waals surface area contributed by atoms with Crippen molar-refractivity contribution in [3.63, 3.8) is 0 Å². The molecule has 0 radical (unpaired) electrons. The lowest BCUT2D eigenvalue weighted by molar-refractivity contribution is 0.409. The predicted molar refractivity (Wildman–Crippen MR) is 64.7 cm³/mol. The van der Waals surface area contributed by atoms with E-state index in [-0.39, 0.29) is 0 Å². The number of ether oxygens (including phenoxy) is 1. The van der Waals surface area contributed by atoms with Crippen LogP contribution in [0.15, 0.2) is 36.9 Å². The van der Waals surface area contributed by atoms with Crippen molar-refractivity contribution in [2.75, 3.05) is 7.11 Å². The Balaban J connectivity index is 3.34. The number of hydrogen-bond acceptors (Lipinski definition) is 2. The van der Waals surface area contributed by atoms with Crippen LogP contribution in [0.3, 0.4) is 0 Å². The Morgan fingerprint density at radius 1 is 1.53 bits per heavy atom. The minimum Gasteiger partial charge on any atom is -0.496 e. The van der Waals surface area contributed by atoms with Gasteiger partial charge in [0.2, 0.25) is 0 Å². The minimum absolute atomic E-state index is 0.463. The average Bonchev–Trinajstić information content (AvgIpc) is 2.30. The van der Waals surface area contributed by atoms with Crippen LogP contribution < -0.4 is 10.5 Å². The fourth-order valence-corrected chi connectivity index (χ4v) is 1.62. The van der Waals surface area contributed by atoms with E-state index in [9.17, 15) is 0 Å². The summed E-state index contributed by atoms with van der Waals surface area (Å²) in [5, 5.41) is 0. The monoisotopic (exact) mass is 203 g/mol. The van der Waals surface area contributed by atoms with Gasteiger partial charge < -0.3 is 10.5 Å². The lowest BCUT2D eigenvalue weighted by atomic mass is 9.98. The molecule has 1 rings (SSSR count). The molecule has 0 spiro atoms. The number of allylic oxidation sites excluding steroid dienone is 3. The molecule has 0 fully saturated rings. The number of nitrogens with two attached hydrogens (primary N) is 1. The summed E-state index contributed by atoms with van der Waals surface area (Å²) in [6.07, 6.45) is 3.84. The minimum atomic E-state index is 0.463. The summed E-state index contributed by atoms with van der Waals surface area (Å²) in [4.78, 5) is 0. The van der Waals surface area contributed by atoms with Gasteiger partial charge in [-0.3, -0.25) is 0 Å². The third-order valence-corrected chi connectivity index (χ3v) is 2.40. The molecule has 15 heavy (non-hydrogen) atoms. The van der Waals surface area contributed by atoms with E-state index >= 15 is 0 Å². The Hall–Kier alpha value is -1.54. The Morgan fingerprint density at radius 2 is 2.27 bits per heavy atom. The molecule has 0 aliphatic carbocycles. The van der Waals surface area contributed by atoms with Crippen LogP contribution in [-0.2, 0) is 6.54 Å². The van der Waals surface area contributed by atoms with Crippen LogP contribution in [0.25, 0.3) is 5.57 Å². The van der Waals surface area contributed by atoms with E-state index in [2.05, 4.69) is 6.58 Å². The van der Waals surface area contributed by atoms with E-state index in [1.54, 1.807) is 7.11 Å². The lowest BCUT2D eigenvalue weighted by Crippen LogP contribution is -2.03. The Morgan fingerprint density at radius 3 is 2.73 bits per heavy atom. The highest BCUT2D eigenvalue weighted by Gasteiger charge is 2.08. The number of rotatable bonds is 4. The summed E-state index contributed by atoms with van der Waals surface area (Å²) in [7, 11) is 1.65. The third kappa shape index (κ3) is 2.28.